The number of carbonyl (C=O) groups is 2. The third kappa shape index (κ3) is 8.95. The summed E-state index contributed by atoms with van der Waals surface area (Å²) < 4.78 is 5.88. The Kier molecular flexibility index (Phi) is 11.5. The average molecular weight is 525 g/mol. The molecular weight excluding hydrogens is 476 g/mol. The third-order valence-corrected chi connectivity index (χ3v) is 7.81. The summed E-state index contributed by atoms with van der Waals surface area (Å²) in [5.41, 5.74) is 2.09. The molecule has 1 heterocycles. The van der Waals surface area contributed by atoms with Crippen molar-refractivity contribution in [3.63, 3.8) is 0 Å². The normalized spacial score (nSPS) is 36.3. The first-order valence-electron chi connectivity index (χ1n) is 13.6. The third-order valence-electron chi connectivity index (χ3n) is 7.81. The number of ether oxygens (including phenoxy) is 1. The molecule has 1 aliphatic carbocycles. The lowest BCUT2D eigenvalue weighted by Gasteiger charge is -2.40. The molecule has 0 saturated heterocycles. The maximum absolute atomic E-state index is 12.8. The van der Waals surface area contributed by atoms with Crippen LogP contribution in [0.15, 0.2) is 71.9 Å². The quantitative estimate of drug-likeness (QED) is 0.384. The van der Waals surface area contributed by atoms with Gasteiger partial charge in [0.1, 0.15) is 6.10 Å². The molecule has 8 atom stereocenters. The Morgan fingerprint density at radius 1 is 1.13 bits per heavy atom. The van der Waals surface area contributed by atoms with Gasteiger partial charge in [-0.05, 0) is 46.7 Å². The predicted molar refractivity (Wildman–Crippen MR) is 155 cm³/mol. The number of carbonyl (C=O) groups excluding carboxylic acids is 2. The molecule has 0 aromatic carbocycles. The maximum Gasteiger partial charge on any atom is 0.331 e. The van der Waals surface area contributed by atoms with E-state index in [9.17, 15) is 14.7 Å². The van der Waals surface area contributed by atoms with Gasteiger partial charge in [0.05, 0.1) is 12.1 Å². The Morgan fingerprint density at radius 2 is 1.82 bits per heavy atom. The van der Waals surface area contributed by atoms with E-state index < -0.39 is 30.1 Å². The highest BCUT2D eigenvalue weighted by molar-refractivity contribution is 5.82. The van der Waals surface area contributed by atoms with Gasteiger partial charge < -0.3 is 20.1 Å². The largest absolute Gasteiger partial charge is 0.458 e. The van der Waals surface area contributed by atoms with Crippen LogP contribution in [0.1, 0.15) is 54.9 Å². The molecule has 1 aliphatic heterocycles. The van der Waals surface area contributed by atoms with Crippen molar-refractivity contribution in [3.05, 3.63) is 71.9 Å². The number of esters is 1. The fourth-order valence-corrected chi connectivity index (χ4v) is 5.23. The van der Waals surface area contributed by atoms with Crippen LogP contribution in [0.2, 0.25) is 0 Å². The highest BCUT2D eigenvalue weighted by Gasteiger charge is 2.36. The number of amides is 1. The van der Waals surface area contributed by atoms with Crippen molar-refractivity contribution in [1.82, 2.24) is 10.2 Å². The second-order valence-electron chi connectivity index (χ2n) is 11.6. The molecule has 0 spiro atoms. The number of rotatable bonds is 5. The van der Waals surface area contributed by atoms with E-state index >= 15 is 0 Å². The van der Waals surface area contributed by atoms with Gasteiger partial charge in [-0.3, -0.25) is 4.79 Å². The van der Waals surface area contributed by atoms with Gasteiger partial charge in [-0.25, -0.2) is 4.79 Å². The highest BCUT2D eigenvalue weighted by Crippen LogP contribution is 2.41. The first kappa shape index (κ1) is 31.5. The van der Waals surface area contributed by atoms with Gasteiger partial charge in [0, 0.05) is 36.8 Å². The number of allylic oxidation sites excluding steroid dienone is 9. The highest BCUT2D eigenvalue weighted by atomic mass is 16.5. The van der Waals surface area contributed by atoms with Crippen LogP contribution in [-0.4, -0.2) is 60.3 Å². The summed E-state index contributed by atoms with van der Waals surface area (Å²) in [5.74, 6) is -1.02. The number of aliphatic hydroxyl groups is 1. The number of hydrogen-bond acceptors (Lipinski definition) is 5. The Hall–Kier alpha value is -2.70. The van der Waals surface area contributed by atoms with E-state index in [0.29, 0.717) is 6.04 Å². The second-order valence-corrected chi connectivity index (χ2v) is 11.6. The second kappa shape index (κ2) is 13.9. The standard InChI is InChI=1S/C32H48N2O4/c1-21-11-10-12-29(36)38-31(24(4)30(37)25(5)33-26(6)35)23(3)14-13-22(2)19-27-15-16-28(34(8)9)20-32(27,7)18-17-21/h10-19,23-25,27-28,30-31,37H,20H2,1-9H3,(H,33,35)/b12-10-,14-13-,18-17-,21-11-,22-19-/t23-,24-,25-,27-,28-,30+,31-,32-/m1/s1. The molecule has 6 heteroatoms. The zero-order valence-electron chi connectivity index (χ0n) is 24.6. The van der Waals surface area contributed by atoms with E-state index in [1.807, 2.05) is 32.9 Å². The van der Waals surface area contributed by atoms with Gasteiger partial charge >= 0.3 is 5.97 Å². The number of aliphatic hydroxyl groups excluding tert-OH is 1. The minimum atomic E-state index is -0.885. The molecule has 0 unspecified atom stereocenters. The molecule has 1 amide bonds. The molecule has 2 aliphatic rings. The van der Waals surface area contributed by atoms with Crippen LogP contribution in [0.25, 0.3) is 0 Å². The van der Waals surface area contributed by atoms with Crippen molar-refractivity contribution in [2.45, 2.75) is 79.2 Å². The molecule has 0 saturated carbocycles. The smallest absolute Gasteiger partial charge is 0.331 e. The van der Waals surface area contributed by atoms with Crippen molar-refractivity contribution < 1.29 is 19.4 Å². The Balaban J connectivity index is 2.48. The SMILES string of the molecule is CC(=O)N[C@H](C)[C@@H](O)[C@@H](C)[C@@H]1OC(=O)\C=C/C=C(C)\C=C/[C@]2(C)C[C@H](N(C)C)C=C[C@@H]2/C=C(C)\C=C/[C@H]1C. The van der Waals surface area contributed by atoms with E-state index in [-0.39, 0.29) is 23.2 Å². The van der Waals surface area contributed by atoms with Crippen molar-refractivity contribution in [2.24, 2.45) is 23.2 Å². The topological polar surface area (TPSA) is 78.9 Å². The number of nitrogens with zero attached hydrogens (tertiary/aromatic N) is 1. The van der Waals surface area contributed by atoms with Crippen molar-refractivity contribution in [1.29, 1.82) is 0 Å². The summed E-state index contributed by atoms with van der Waals surface area (Å²) in [4.78, 5) is 26.5. The van der Waals surface area contributed by atoms with Crippen LogP contribution >= 0.6 is 0 Å². The number of fused-ring (bicyclic) bond motifs is 1. The van der Waals surface area contributed by atoms with E-state index in [0.717, 1.165) is 17.6 Å². The Bertz CT molecular complexity index is 1020. The summed E-state index contributed by atoms with van der Waals surface area (Å²) in [6.45, 7) is 13.4. The molecule has 0 bridgehead atoms. The van der Waals surface area contributed by atoms with Gasteiger partial charge in [-0.2, -0.15) is 0 Å². The fourth-order valence-electron chi connectivity index (χ4n) is 5.23. The molecule has 6 nitrogen and oxygen atoms in total. The van der Waals surface area contributed by atoms with Crippen LogP contribution < -0.4 is 5.32 Å². The zero-order valence-corrected chi connectivity index (χ0v) is 24.6. The summed E-state index contributed by atoms with van der Waals surface area (Å²) in [6, 6.07) is -0.114. The van der Waals surface area contributed by atoms with Crippen LogP contribution in [0, 0.1) is 23.2 Å². The van der Waals surface area contributed by atoms with Gasteiger partial charge in [-0.15, -0.1) is 0 Å². The van der Waals surface area contributed by atoms with Crippen LogP contribution in [0.5, 0.6) is 0 Å². The summed E-state index contributed by atoms with van der Waals surface area (Å²) in [5, 5.41) is 13.7. The monoisotopic (exact) mass is 524 g/mol. The average Bonchev–Trinajstić information content (AvgIpc) is 2.84. The fraction of sp³-hybridized carbons (Fsp3) is 0.562. The van der Waals surface area contributed by atoms with Crippen molar-refractivity contribution in [3.8, 4) is 0 Å². The number of likely N-dealkylation sites (N-methyl/N-ethyl adjacent to an activating group) is 1. The lowest BCUT2D eigenvalue weighted by Crippen LogP contribution is -2.48. The predicted octanol–water partition coefficient (Wildman–Crippen LogP) is 5.14. The molecule has 0 radical (unpaired) electrons. The Morgan fingerprint density at radius 3 is 2.45 bits per heavy atom. The van der Waals surface area contributed by atoms with Gasteiger partial charge in [0.25, 0.3) is 0 Å². The lowest BCUT2D eigenvalue weighted by molar-refractivity contribution is -0.151. The Labute approximate surface area is 229 Å². The molecule has 2 rings (SSSR count). The summed E-state index contributed by atoms with van der Waals surface area (Å²) in [6.07, 6.45) is 20.0. The molecule has 210 valence electrons. The van der Waals surface area contributed by atoms with E-state index in [4.69, 9.17) is 4.74 Å². The maximum atomic E-state index is 12.8. The molecule has 0 aromatic heterocycles. The molecule has 0 aromatic rings. The van der Waals surface area contributed by atoms with Crippen molar-refractivity contribution >= 4 is 11.9 Å². The van der Waals surface area contributed by atoms with E-state index in [2.05, 4.69) is 74.6 Å². The lowest BCUT2D eigenvalue weighted by atomic mass is 9.68. The first-order chi connectivity index (χ1) is 17.7. The van der Waals surface area contributed by atoms with Gasteiger partial charge in [-0.1, -0.05) is 86.6 Å². The summed E-state index contributed by atoms with van der Waals surface area (Å²) >= 11 is 0. The van der Waals surface area contributed by atoms with Crippen LogP contribution in [0.4, 0.5) is 0 Å². The van der Waals surface area contributed by atoms with Gasteiger partial charge in [0.2, 0.25) is 5.91 Å². The number of nitrogens with one attached hydrogen (secondary N) is 1. The first-order valence-corrected chi connectivity index (χ1v) is 13.6. The van der Waals surface area contributed by atoms with Crippen LogP contribution in [-0.2, 0) is 14.3 Å². The summed E-state index contributed by atoms with van der Waals surface area (Å²) in [7, 11) is 4.23. The minimum absolute atomic E-state index is 0.0692. The van der Waals surface area contributed by atoms with Gasteiger partial charge in [0.15, 0.2) is 0 Å². The minimum Gasteiger partial charge on any atom is -0.458 e. The van der Waals surface area contributed by atoms with Crippen molar-refractivity contribution in [2.75, 3.05) is 14.1 Å². The molecule has 38 heavy (non-hydrogen) atoms. The molecule has 0 fully saturated rings. The van der Waals surface area contributed by atoms with E-state index in [1.54, 1.807) is 13.0 Å². The molecular formula is C32H48N2O4. The molecule has 2 N–H and O–H groups in total. The number of cyclic esters (lactones) is 1. The van der Waals surface area contributed by atoms with E-state index in [1.165, 1.54) is 13.0 Å². The number of hydrogen-bond donors (Lipinski definition) is 2. The van der Waals surface area contributed by atoms with Crippen LogP contribution in [0.3, 0.4) is 0 Å². The zero-order chi connectivity index (χ0) is 28.6.